The van der Waals surface area contributed by atoms with Crippen LogP contribution >= 0.6 is 27.3 Å². The van der Waals surface area contributed by atoms with Gasteiger partial charge in [-0.25, -0.2) is 4.98 Å². The fraction of sp³-hybridized carbons (Fsp3) is 0.700. The van der Waals surface area contributed by atoms with Crippen molar-refractivity contribution < 1.29 is 9.84 Å². The Labute approximate surface area is 102 Å². The molecule has 2 atom stereocenters. The van der Waals surface area contributed by atoms with E-state index in [0.29, 0.717) is 6.42 Å². The lowest BCUT2D eigenvalue weighted by atomic mass is 9.82. The molecular weight excluding hydrogens is 278 g/mol. The Balaban J connectivity index is 2.22. The highest BCUT2D eigenvalue weighted by Gasteiger charge is 2.38. The van der Waals surface area contributed by atoms with Gasteiger partial charge in [0.15, 0.2) is 0 Å². The first kappa shape index (κ1) is 11.5. The molecular formula is C10H14BrNO2S. The molecule has 0 aromatic carbocycles. The van der Waals surface area contributed by atoms with Crippen molar-refractivity contribution in [3.8, 4) is 0 Å². The summed E-state index contributed by atoms with van der Waals surface area (Å²) in [6, 6.07) is 0. The minimum absolute atomic E-state index is 0.165. The highest BCUT2D eigenvalue weighted by molar-refractivity contribution is 9.10. The van der Waals surface area contributed by atoms with Crippen LogP contribution in [0, 0.1) is 0 Å². The van der Waals surface area contributed by atoms with Gasteiger partial charge >= 0.3 is 0 Å². The second-order valence-corrected chi connectivity index (χ2v) is 5.56. The van der Waals surface area contributed by atoms with Gasteiger partial charge in [0.05, 0.1) is 16.5 Å². The summed E-state index contributed by atoms with van der Waals surface area (Å²) in [7, 11) is 1.71. The molecule has 1 heterocycles. The van der Waals surface area contributed by atoms with E-state index < -0.39 is 5.60 Å². The number of nitrogens with zero attached hydrogens (tertiary/aromatic N) is 1. The number of thiazole rings is 1. The fourth-order valence-corrected chi connectivity index (χ4v) is 3.85. The van der Waals surface area contributed by atoms with Crippen LogP contribution in [-0.2, 0) is 10.3 Å². The quantitative estimate of drug-likeness (QED) is 0.911. The van der Waals surface area contributed by atoms with Gasteiger partial charge in [0, 0.05) is 13.5 Å². The number of ether oxygens (including phenoxy) is 1. The molecule has 0 amide bonds. The van der Waals surface area contributed by atoms with E-state index in [1.54, 1.807) is 12.6 Å². The SMILES string of the molecule is COC1CCCC(O)(c2scnc2Br)C1. The maximum absolute atomic E-state index is 10.6. The summed E-state index contributed by atoms with van der Waals surface area (Å²) in [4.78, 5) is 5.06. The Morgan fingerprint density at radius 2 is 2.53 bits per heavy atom. The molecule has 0 radical (unpaired) electrons. The molecule has 1 aliphatic carbocycles. The van der Waals surface area contributed by atoms with Gasteiger partial charge in [-0.2, -0.15) is 0 Å². The number of methoxy groups -OCH3 is 1. The zero-order valence-corrected chi connectivity index (χ0v) is 11.0. The van der Waals surface area contributed by atoms with Gasteiger partial charge in [-0.1, -0.05) is 0 Å². The van der Waals surface area contributed by atoms with Crippen LogP contribution in [0.15, 0.2) is 10.1 Å². The summed E-state index contributed by atoms with van der Waals surface area (Å²) >= 11 is 4.88. The third-order valence-corrected chi connectivity index (χ3v) is 4.85. The van der Waals surface area contributed by atoms with Crippen molar-refractivity contribution in [2.45, 2.75) is 37.4 Å². The lowest BCUT2D eigenvalue weighted by Crippen LogP contribution is -2.35. The molecule has 2 unspecified atom stereocenters. The number of hydrogen-bond donors (Lipinski definition) is 1. The van der Waals surface area contributed by atoms with E-state index in [0.717, 1.165) is 28.7 Å². The molecule has 0 bridgehead atoms. The first-order valence-electron chi connectivity index (χ1n) is 5.00. The molecule has 0 aliphatic heterocycles. The topological polar surface area (TPSA) is 42.4 Å². The third-order valence-electron chi connectivity index (χ3n) is 2.96. The van der Waals surface area contributed by atoms with Gasteiger partial charge in [0.1, 0.15) is 10.2 Å². The molecule has 3 nitrogen and oxygen atoms in total. The second kappa shape index (κ2) is 4.49. The number of hydrogen-bond acceptors (Lipinski definition) is 4. The molecule has 1 saturated carbocycles. The summed E-state index contributed by atoms with van der Waals surface area (Å²) in [5.74, 6) is 0. The molecule has 1 fully saturated rings. The minimum atomic E-state index is -0.751. The van der Waals surface area contributed by atoms with Crippen LogP contribution in [0.5, 0.6) is 0 Å². The number of aromatic nitrogens is 1. The average molecular weight is 292 g/mol. The monoisotopic (exact) mass is 291 g/mol. The molecule has 84 valence electrons. The van der Waals surface area contributed by atoms with E-state index in [2.05, 4.69) is 20.9 Å². The summed E-state index contributed by atoms with van der Waals surface area (Å²) < 4.78 is 6.10. The predicted octanol–water partition coefficient (Wildman–Crippen LogP) is 2.68. The standard InChI is InChI=1S/C10H14BrNO2S/c1-14-7-3-2-4-10(13,5-7)8-9(11)12-6-15-8/h6-7,13H,2-5H2,1H3. The van der Waals surface area contributed by atoms with Crippen LogP contribution in [-0.4, -0.2) is 23.3 Å². The van der Waals surface area contributed by atoms with Crippen LogP contribution < -0.4 is 0 Å². The van der Waals surface area contributed by atoms with Gasteiger partial charge in [-0.3, -0.25) is 0 Å². The minimum Gasteiger partial charge on any atom is -0.384 e. The van der Waals surface area contributed by atoms with E-state index in [1.807, 2.05) is 0 Å². The molecule has 1 N–H and O–H groups in total. The smallest absolute Gasteiger partial charge is 0.123 e. The van der Waals surface area contributed by atoms with Crippen LogP contribution in [0.3, 0.4) is 0 Å². The van der Waals surface area contributed by atoms with E-state index in [1.165, 1.54) is 11.3 Å². The van der Waals surface area contributed by atoms with E-state index >= 15 is 0 Å². The zero-order chi connectivity index (χ0) is 10.9. The van der Waals surface area contributed by atoms with Crippen LogP contribution in [0.1, 0.15) is 30.6 Å². The van der Waals surface area contributed by atoms with Gasteiger partial charge in [-0.15, -0.1) is 11.3 Å². The fourth-order valence-electron chi connectivity index (χ4n) is 2.14. The van der Waals surface area contributed by atoms with Gasteiger partial charge in [0.25, 0.3) is 0 Å². The van der Waals surface area contributed by atoms with Crippen molar-refractivity contribution in [2.24, 2.45) is 0 Å². The second-order valence-electron chi connectivity index (χ2n) is 3.96. The summed E-state index contributed by atoms with van der Waals surface area (Å²) in [5, 5.41) is 10.6. The van der Waals surface area contributed by atoms with E-state index in [9.17, 15) is 5.11 Å². The van der Waals surface area contributed by atoms with Gasteiger partial charge < -0.3 is 9.84 Å². The molecule has 0 saturated heterocycles. The van der Waals surface area contributed by atoms with Crippen molar-refractivity contribution in [1.82, 2.24) is 4.98 Å². The Morgan fingerprint density at radius 3 is 3.13 bits per heavy atom. The molecule has 2 rings (SSSR count). The van der Waals surface area contributed by atoms with Crippen molar-refractivity contribution in [2.75, 3.05) is 7.11 Å². The van der Waals surface area contributed by atoms with Gasteiger partial charge in [0.2, 0.25) is 0 Å². The predicted molar refractivity (Wildman–Crippen MR) is 63.0 cm³/mol. The third kappa shape index (κ3) is 2.25. The summed E-state index contributed by atoms with van der Waals surface area (Å²) in [6.07, 6.45) is 3.67. The maximum Gasteiger partial charge on any atom is 0.123 e. The zero-order valence-electron chi connectivity index (χ0n) is 8.57. The Hall–Kier alpha value is 0.0300. The van der Waals surface area contributed by atoms with Crippen LogP contribution in [0.2, 0.25) is 0 Å². The Kier molecular flexibility index (Phi) is 3.45. The molecule has 0 spiro atoms. The lowest BCUT2D eigenvalue weighted by Gasteiger charge is -2.35. The van der Waals surface area contributed by atoms with Gasteiger partial charge in [-0.05, 0) is 35.2 Å². The number of aliphatic hydroxyl groups is 1. The molecule has 1 aliphatic rings. The number of halogens is 1. The highest BCUT2D eigenvalue weighted by Crippen LogP contribution is 2.42. The largest absolute Gasteiger partial charge is 0.384 e. The average Bonchev–Trinajstić information content (AvgIpc) is 2.65. The van der Waals surface area contributed by atoms with E-state index in [-0.39, 0.29) is 6.10 Å². The Bertz CT molecular complexity index is 344. The highest BCUT2D eigenvalue weighted by atomic mass is 79.9. The summed E-state index contributed by atoms with van der Waals surface area (Å²) in [5.41, 5.74) is 1.01. The molecule has 1 aromatic heterocycles. The molecule has 5 heteroatoms. The lowest BCUT2D eigenvalue weighted by molar-refractivity contribution is -0.0614. The van der Waals surface area contributed by atoms with Crippen LogP contribution in [0.4, 0.5) is 0 Å². The number of rotatable bonds is 2. The normalized spacial score (nSPS) is 31.8. The first-order valence-corrected chi connectivity index (χ1v) is 6.67. The van der Waals surface area contributed by atoms with Crippen LogP contribution in [0.25, 0.3) is 0 Å². The first-order chi connectivity index (χ1) is 7.15. The molecule has 15 heavy (non-hydrogen) atoms. The van der Waals surface area contributed by atoms with Crippen molar-refractivity contribution in [3.05, 3.63) is 15.0 Å². The van der Waals surface area contributed by atoms with E-state index in [4.69, 9.17) is 4.74 Å². The van der Waals surface area contributed by atoms with Crippen molar-refractivity contribution >= 4 is 27.3 Å². The van der Waals surface area contributed by atoms with Crippen molar-refractivity contribution in [3.63, 3.8) is 0 Å². The summed E-state index contributed by atoms with van der Waals surface area (Å²) in [6.45, 7) is 0. The molecule has 1 aromatic rings. The Morgan fingerprint density at radius 1 is 1.73 bits per heavy atom. The van der Waals surface area contributed by atoms with Crippen molar-refractivity contribution in [1.29, 1.82) is 0 Å². The maximum atomic E-state index is 10.6.